The molecule has 210 valence electrons. The molecule has 9 nitrogen and oxygen atoms in total. The van der Waals surface area contributed by atoms with Gasteiger partial charge in [-0.1, -0.05) is 25.5 Å². The second kappa shape index (κ2) is 9.55. The SMILES string of the molecule is COC(=O)CCC(=O)O[C@H](C(=O)OC)[C@@]1(O)[C@H](C)C[C@H]2[C@@H]3CCC4=CC(=O)C=C[C@]4(C)[C@@]3(F)[C@@H](O)C[C@@]21C. The maximum absolute atomic E-state index is 17.3. The van der Waals surface area contributed by atoms with Crippen LogP contribution < -0.4 is 0 Å². The summed E-state index contributed by atoms with van der Waals surface area (Å²) in [6.45, 7) is 5.12. The second-order valence-electron chi connectivity index (χ2n) is 11.7. The number of alkyl halides is 1. The zero-order valence-corrected chi connectivity index (χ0v) is 22.5. The van der Waals surface area contributed by atoms with Gasteiger partial charge in [0.1, 0.15) is 5.60 Å². The minimum Gasteiger partial charge on any atom is -0.469 e. The largest absolute Gasteiger partial charge is 0.469 e. The van der Waals surface area contributed by atoms with Gasteiger partial charge in [0.25, 0.3) is 0 Å². The number of carbonyl (C=O) groups is 4. The van der Waals surface area contributed by atoms with E-state index in [-0.39, 0.29) is 25.0 Å². The van der Waals surface area contributed by atoms with Crippen molar-refractivity contribution < 1.29 is 48.0 Å². The van der Waals surface area contributed by atoms with Gasteiger partial charge >= 0.3 is 17.9 Å². The van der Waals surface area contributed by atoms with Crippen molar-refractivity contribution in [2.24, 2.45) is 28.6 Å². The number of methoxy groups -OCH3 is 2. The molecular weight excluding hydrogens is 499 g/mol. The number of rotatable bonds is 6. The predicted octanol–water partition coefficient (Wildman–Crippen LogP) is 2.37. The Morgan fingerprint density at radius 1 is 1.13 bits per heavy atom. The van der Waals surface area contributed by atoms with Crippen LogP contribution in [0.5, 0.6) is 0 Å². The number of fused-ring (bicyclic) bond motifs is 5. The van der Waals surface area contributed by atoms with Crippen LogP contribution in [-0.4, -0.2) is 71.6 Å². The van der Waals surface area contributed by atoms with Gasteiger partial charge in [-0.05, 0) is 56.6 Å². The number of esters is 3. The molecule has 4 aliphatic carbocycles. The van der Waals surface area contributed by atoms with Crippen LogP contribution >= 0.6 is 0 Å². The number of hydrogen-bond donors (Lipinski definition) is 2. The lowest BCUT2D eigenvalue weighted by molar-refractivity contribution is -0.246. The molecule has 0 heterocycles. The summed E-state index contributed by atoms with van der Waals surface area (Å²) in [5.41, 5.74) is -5.87. The quantitative estimate of drug-likeness (QED) is 0.387. The minimum atomic E-state index is -2.11. The van der Waals surface area contributed by atoms with Gasteiger partial charge in [0, 0.05) is 16.7 Å². The van der Waals surface area contributed by atoms with Gasteiger partial charge in [0.15, 0.2) is 11.5 Å². The summed E-state index contributed by atoms with van der Waals surface area (Å²) in [4.78, 5) is 49.1. The molecule has 0 radical (unpaired) electrons. The topological polar surface area (TPSA) is 136 Å². The Labute approximate surface area is 221 Å². The number of ether oxygens (including phenoxy) is 3. The fraction of sp³-hybridized carbons (Fsp3) is 0.714. The molecule has 4 aliphatic rings. The van der Waals surface area contributed by atoms with E-state index in [2.05, 4.69) is 4.74 Å². The van der Waals surface area contributed by atoms with Crippen molar-refractivity contribution in [2.45, 2.75) is 82.8 Å². The van der Waals surface area contributed by atoms with E-state index in [0.29, 0.717) is 24.8 Å². The van der Waals surface area contributed by atoms with Crippen LogP contribution in [0.15, 0.2) is 23.8 Å². The second-order valence-corrected chi connectivity index (χ2v) is 11.7. The van der Waals surface area contributed by atoms with Gasteiger partial charge in [-0.25, -0.2) is 9.18 Å². The molecule has 0 bridgehead atoms. The van der Waals surface area contributed by atoms with Gasteiger partial charge in [-0.3, -0.25) is 14.4 Å². The molecule has 0 saturated heterocycles. The van der Waals surface area contributed by atoms with E-state index in [1.54, 1.807) is 26.8 Å². The molecule has 0 unspecified atom stereocenters. The van der Waals surface area contributed by atoms with Crippen molar-refractivity contribution in [1.29, 1.82) is 0 Å². The van der Waals surface area contributed by atoms with E-state index in [1.165, 1.54) is 19.3 Å². The van der Waals surface area contributed by atoms with Crippen molar-refractivity contribution in [3.8, 4) is 0 Å². The molecule has 10 heteroatoms. The number of aliphatic hydroxyl groups is 2. The van der Waals surface area contributed by atoms with Crippen LogP contribution in [0.2, 0.25) is 0 Å². The number of hydrogen-bond acceptors (Lipinski definition) is 9. The molecular formula is C28H37FO9. The molecule has 38 heavy (non-hydrogen) atoms. The highest BCUT2D eigenvalue weighted by molar-refractivity contribution is 6.01. The van der Waals surface area contributed by atoms with E-state index in [1.807, 2.05) is 0 Å². The standard InChI is InChI=1S/C28H37FO9/c1-15-12-19-18-7-6-16-13-17(30)10-11-25(16,2)27(18,29)20(31)14-26(19,3)28(15,35)23(24(34)37-5)38-22(33)9-8-21(32)36-4/h10-11,13,15,18-20,23,31,35H,6-9,12,14H2,1-5H3/t15-,18+,19+,20+,23-,25+,26+,27+,28+/m1/s1. The van der Waals surface area contributed by atoms with Crippen LogP contribution in [0.3, 0.4) is 0 Å². The zero-order valence-electron chi connectivity index (χ0n) is 22.5. The Balaban J connectivity index is 1.72. The number of ketones is 1. The third-order valence-corrected chi connectivity index (χ3v) is 10.1. The molecule has 0 aromatic heterocycles. The first-order valence-corrected chi connectivity index (χ1v) is 13.1. The molecule has 2 N–H and O–H groups in total. The zero-order chi connectivity index (χ0) is 28.3. The maximum atomic E-state index is 17.3. The van der Waals surface area contributed by atoms with E-state index in [0.717, 1.165) is 7.11 Å². The van der Waals surface area contributed by atoms with Gasteiger partial charge < -0.3 is 24.4 Å². The third kappa shape index (κ3) is 3.78. The van der Waals surface area contributed by atoms with Crippen molar-refractivity contribution in [2.75, 3.05) is 14.2 Å². The predicted molar refractivity (Wildman–Crippen MR) is 131 cm³/mol. The summed E-state index contributed by atoms with van der Waals surface area (Å²) in [7, 11) is 2.29. The summed E-state index contributed by atoms with van der Waals surface area (Å²) in [5, 5.41) is 23.8. The summed E-state index contributed by atoms with van der Waals surface area (Å²) in [6.07, 6.45) is 1.33. The van der Waals surface area contributed by atoms with Crippen molar-refractivity contribution in [1.82, 2.24) is 0 Å². The van der Waals surface area contributed by atoms with Gasteiger partial charge in [0.2, 0.25) is 6.10 Å². The van der Waals surface area contributed by atoms with E-state index >= 15 is 4.39 Å². The fourth-order valence-electron chi connectivity index (χ4n) is 8.06. The summed E-state index contributed by atoms with van der Waals surface area (Å²) in [5.74, 6) is -4.52. The Morgan fingerprint density at radius 3 is 2.42 bits per heavy atom. The Morgan fingerprint density at radius 2 is 1.79 bits per heavy atom. The molecule has 0 aliphatic heterocycles. The number of halogens is 1. The molecule has 3 fully saturated rings. The Hall–Kier alpha value is -2.59. The monoisotopic (exact) mass is 536 g/mol. The first kappa shape index (κ1) is 28.4. The van der Waals surface area contributed by atoms with E-state index < -0.39 is 70.0 Å². The van der Waals surface area contributed by atoms with Crippen LogP contribution in [0.4, 0.5) is 4.39 Å². The minimum absolute atomic E-state index is 0.205. The summed E-state index contributed by atoms with van der Waals surface area (Å²) in [6, 6.07) is 0. The fourth-order valence-corrected chi connectivity index (χ4v) is 8.06. The van der Waals surface area contributed by atoms with Crippen LogP contribution in [0.25, 0.3) is 0 Å². The highest BCUT2D eigenvalue weighted by Crippen LogP contribution is 2.71. The van der Waals surface area contributed by atoms with Gasteiger partial charge in [0.05, 0.1) is 33.2 Å². The van der Waals surface area contributed by atoms with Crippen molar-refractivity contribution >= 4 is 23.7 Å². The van der Waals surface area contributed by atoms with Gasteiger partial charge in [-0.15, -0.1) is 0 Å². The van der Waals surface area contributed by atoms with Crippen molar-refractivity contribution in [3.63, 3.8) is 0 Å². The number of allylic oxidation sites excluding steroid dienone is 4. The highest BCUT2D eigenvalue weighted by atomic mass is 19.1. The molecule has 9 atom stereocenters. The smallest absolute Gasteiger partial charge is 0.350 e. The molecule has 0 aromatic carbocycles. The van der Waals surface area contributed by atoms with E-state index in [4.69, 9.17) is 9.47 Å². The maximum Gasteiger partial charge on any atom is 0.350 e. The lowest BCUT2D eigenvalue weighted by atomic mass is 9.44. The number of aliphatic hydroxyl groups excluding tert-OH is 1. The Kier molecular flexibility index (Phi) is 7.14. The van der Waals surface area contributed by atoms with Crippen molar-refractivity contribution in [3.05, 3.63) is 23.8 Å². The van der Waals surface area contributed by atoms with Crippen LogP contribution in [0.1, 0.15) is 59.3 Å². The molecule has 3 saturated carbocycles. The van der Waals surface area contributed by atoms with Crippen LogP contribution in [0, 0.1) is 28.6 Å². The first-order valence-electron chi connectivity index (χ1n) is 13.1. The lowest BCUT2D eigenvalue weighted by Gasteiger charge is -2.63. The van der Waals surface area contributed by atoms with E-state index in [9.17, 15) is 29.4 Å². The molecule has 0 amide bonds. The third-order valence-electron chi connectivity index (χ3n) is 10.1. The summed E-state index contributed by atoms with van der Waals surface area (Å²) >= 11 is 0. The summed E-state index contributed by atoms with van der Waals surface area (Å²) < 4.78 is 32.3. The normalized spacial score (nSPS) is 42.2. The van der Waals surface area contributed by atoms with Crippen LogP contribution in [-0.2, 0) is 33.4 Å². The number of carbonyl (C=O) groups excluding carboxylic acids is 4. The molecule has 0 aromatic rings. The first-order chi connectivity index (χ1) is 17.7. The lowest BCUT2D eigenvalue weighted by Crippen LogP contribution is -2.70. The molecule has 0 spiro atoms. The molecule has 4 rings (SSSR count). The van der Waals surface area contributed by atoms with Gasteiger partial charge in [-0.2, -0.15) is 0 Å². The highest BCUT2D eigenvalue weighted by Gasteiger charge is 2.76. The Bertz CT molecular complexity index is 1100. The average molecular weight is 537 g/mol. The average Bonchev–Trinajstić information content (AvgIpc) is 3.07.